The van der Waals surface area contributed by atoms with Gasteiger partial charge in [-0.1, -0.05) is 54.6 Å². The van der Waals surface area contributed by atoms with Crippen molar-refractivity contribution in [1.82, 2.24) is 9.88 Å². The Hall–Kier alpha value is -3.37. The minimum absolute atomic E-state index is 0.0688. The van der Waals surface area contributed by atoms with Crippen LogP contribution >= 0.6 is 0 Å². The van der Waals surface area contributed by atoms with Gasteiger partial charge in [0.05, 0.1) is 0 Å². The highest BCUT2D eigenvalue weighted by atomic mass is 16.3. The van der Waals surface area contributed by atoms with Gasteiger partial charge in [0.1, 0.15) is 5.75 Å². The number of phenols is 1. The van der Waals surface area contributed by atoms with Gasteiger partial charge in [-0.2, -0.15) is 0 Å². The van der Waals surface area contributed by atoms with E-state index in [1.165, 1.54) is 11.3 Å². The van der Waals surface area contributed by atoms with Gasteiger partial charge >= 0.3 is 0 Å². The van der Waals surface area contributed by atoms with E-state index in [-0.39, 0.29) is 11.5 Å². The average molecular weight is 382 g/mol. The summed E-state index contributed by atoms with van der Waals surface area (Å²) in [7, 11) is 0. The van der Waals surface area contributed by atoms with Crippen molar-refractivity contribution in [2.45, 2.75) is 19.5 Å². The fourth-order valence-electron chi connectivity index (χ4n) is 4.33. The minimum Gasteiger partial charge on any atom is -0.508 e. The van der Waals surface area contributed by atoms with E-state index in [1.807, 2.05) is 54.6 Å². The topological polar surface area (TPSA) is 54.3 Å². The highest BCUT2D eigenvalue weighted by molar-refractivity contribution is 6.17. The number of hydrogen-bond donors (Lipinski definition) is 2. The van der Waals surface area contributed by atoms with E-state index in [0.717, 1.165) is 41.5 Å². The van der Waals surface area contributed by atoms with Crippen molar-refractivity contribution in [2.24, 2.45) is 0 Å². The molecule has 1 aliphatic heterocycles. The van der Waals surface area contributed by atoms with Crippen LogP contribution in [0.4, 0.5) is 0 Å². The van der Waals surface area contributed by atoms with Gasteiger partial charge in [-0.05, 0) is 42.3 Å². The Labute approximate surface area is 169 Å². The van der Waals surface area contributed by atoms with Gasteiger partial charge in [0.2, 0.25) is 0 Å². The Kier molecular flexibility index (Phi) is 4.41. The fraction of sp³-hybridized carbons (Fsp3) is 0.160. The average Bonchev–Trinajstić information content (AvgIpc) is 3.09. The van der Waals surface area contributed by atoms with Crippen LogP contribution in [-0.4, -0.2) is 22.0 Å². The predicted octanol–water partition coefficient (Wildman–Crippen LogP) is 4.27. The lowest BCUT2D eigenvalue weighted by atomic mass is 9.95. The van der Waals surface area contributed by atoms with Crippen LogP contribution in [0.2, 0.25) is 0 Å². The van der Waals surface area contributed by atoms with Crippen molar-refractivity contribution in [2.75, 3.05) is 6.54 Å². The first-order chi connectivity index (χ1) is 14.2. The maximum atomic E-state index is 13.3. The van der Waals surface area contributed by atoms with Crippen LogP contribution in [0.15, 0.2) is 72.8 Å². The summed E-state index contributed by atoms with van der Waals surface area (Å²) in [5, 5.41) is 14.2. The van der Waals surface area contributed by atoms with Crippen LogP contribution in [0.3, 0.4) is 0 Å². The summed E-state index contributed by atoms with van der Waals surface area (Å²) in [6, 6.07) is 22.9. The van der Waals surface area contributed by atoms with Crippen LogP contribution in [0, 0.1) is 0 Å². The van der Waals surface area contributed by atoms with Gasteiger partial charge in [-0.25, -0.2) is 0 Å². The van der Waals surface area contributed by atoms with Crippen molar-refractivity contribution in [1.29, 1.82) is 0 Å². The quantitative estimate of drug-likeness (QED) is 0.518. The zero-order chi connectivity index (χ0) is 19.8. The molecule has 2 N–H and O–H groups in total. The molecule has 4 heteroatoms. The Balaban J connectivity index is 1.69. The van der Waals surface area contributed by atoms with Crippen LogP contribution in [0.5, 0.6) is 5.75 Å². The second kappa shape index (κ2) is 7.22. The summed E-state index contributed by atoms with van der Waals surface area (Å²) in [6.07, 6.45) is 0.910. The number of nitrogens with one attached hydrogen (secondary N) is 1. The lowest BCUT2D eigenvalue weighted by Crippen LogP contribution is -2.25. The maximum absolute atomic E-state index is 13.3. The van der Waals surface area contributed by atoms with Gasteiger partial charge in [0.15, 0.2) is 5.78 Å². The molecule has 0 spiro atoms. The number of aromatic hydroxyl groups is 1. The predicted molar refractivity (Wildman–Crippen MR) is 114 cm³/mol. The molecular formula is C25H22N2O2. The number of rotatable bonds is 4. The Morgan fingerprint density at radius 3 is 2.55 bits per heavy atom. The summed E-state index contributed by atoms with van der Waals surface area (Å²) in [4.78, 5) is 13.3. The first-order valence-corrected chi connectivity index (χ1v) is 9.94. The Morgan fingerprint density at radius 1 is 0.966 bits per heavy atom. The summed E-state index contributed by atoms with van der Waals surface area (Å²) in [5.74, 6) is 0.338. The summed E-state index contributed by atoms with van der Waals surface area (Å²) >= 11 is 0. The van der Waals surface area contributed by atoms with Gasteiger partial charge in [0.25, 0.3) is 0 Å². The third-order valence-electron chi connectivity index (χ3n) is 5.71. The Bertz CT molecular complexity index is 1190. The second-order valence-corrected chi connectivity index (χ2v) is 7.50. The molecule has 3 aromatic carbocycles. The summed E-state index contributed by atoms with van der Waals surface area (Å²) < 4.78 is 2.31. The summed E-state index contributed by atoms with van der Waals surface area (Å²) in [5.41, 5.74) is 6.22. The zero-order valence-corrected chi connectivity index (χ0v) is 16.1. The van der Waals surface area contributed by atoms with E-state index < -0.39 is 0 Å². The molecule has 0 atom stereocenters. The van der Waals surface area contributed by atoms with Gasteiger partial charge in [-0.3, -0.25) is 4.79 Å². The molecule has 5 rings (SSSR count). The smallest absolute Gasteiger partial charge is 0.193 e. The van der Waals surface area contributed by atoms with Crippen molar-refractivity contribution in [3.8, 4) is 5.75 Å². The van der Waals surface area contributed by atoms with Crippen molar-refractivity contribution >= 4 is 16.7 Å². The van der Waals surface area contributed by atoms with Crippen molar-refractivity contribution in [3.05, 3.63) is 101 Å². The molecular weight excluding hydrogens is 360 g/mol. The molecule has 1 aromatic heterocycles. The number of fused-ring (bicyclic) bond motifs is 3. The third-order valence-corrected chi connectivity index (χ3v) is 5.71. The number of aromatic nitrogens is 1. The van der Waals surface area contributed by atoms with Crippen LogP contribution in [0.25, 0.3) is 10.9 Å². The van der Waals surface area contributed by atoms with E-state index >= 15 is 0 Å². The largest absolute Gasteiger partial charge is 0.508 e. The number of ketones is 1. The number of carbonyl (C=O) groups is 1. The molecule has 29 heavy (non-hydrogen) atoms. The molecule has 0 bridgehead atoms. The standard InChI is InChI=1S/C25H22N2O2/c28-19-11-9-17(10-12-19)16-27-22-8-4-7-21(25(29)18-5-2-1-3-6-18)24(22)20-13-14-26-15-23(20)27/h1-12,26,28H,13-16H2. The maximum Gasteiger partial charge on any atom is 0.193 e. The lowest BCUT2D eigenvalue weighted by Gasteiger charge is -2.17. The molecule has 2 heterocycles. The molecule has 0 amide bonds. The van der Waals surface area contributed by atoms with Gasteiger partial charge < -0.3 is 15.0 Å². The first kappa shape index (κ1) is 17.7. The molecule has 4 aromatic rings. The molecule has 0 aliphatic carbocycles. The SMILES string of the molecule is O=C(c1ccccc1)c1cccc2c1c1c(n2Cc2ccc(O)cc2)CNCC1. The van der Waals surface area contributed by atoms with E-state index in [4.69, 9.17) is 0 Å². The number of phenolic OH excluding ortho intramolecular Hbond substituents is 1. The molecule has 1 aliphatic rings. The lowest BCUT2D eigenvalue weighted by molar-refractivity contribution is 0.104. The van der Waals surface area contributed by atoms with Crippen molar-refractivity contribution < 1.29 is 9.90 Å². The van der Waals surface area contributed by atoms with Gasteiger partial charge in [0, 0.05) is 40.8 Å². The zero-order valence-electron chi connectivity index (χ0n) is 16.1. The van der Waals surface area contributed by atoms with Crippen molar-refractivity contribution in [3.63, 3.8) is 0 Å². The molecule has 0 unspecified atom stereocenters. The molecule has 0 saturated carbocycles. The highest BCUT2D eigenvalue weighted by Crippen LogP contribution is 2.33. The molecule has 0 saturated heterocycles. The van der Waals surface area contributed by atoms with E-state index in [1.54, 1.807) is 12.1 Å². The Morgan fingerprint density at radius 2 is 1.76 bits per heavy atom. The van der Waals surface area contributed by atoms with E-state index in [9.17, 15) is 9.90 Å². The normalized spacial score (nSPS) is 13.4. The number of benzene rings is 3. The molecule has 0 fully saturated rings. The second-order valence-electron chi connectivity index (χ2n) is 7.50. The molecule has 4 nitrogen and oxygen atoms in total. The fourth-order valence-corrected chi connectivity index (χ4v) is 4.33. The number of carbonyl (C=O) groups excluding carboxylic acids is 1. The van der Waals surface area contributed by atoms with E-state index in [2.05, 4.69) is 16.0 Å². The van der Waals surface area contributed by atoms with Crippen LogP contribution in [0.1, 0.15) is 32.7 Å². The summed E-state index contributed by atoms with van der Waals surface area (Å²) in [6.45, 7) is 2.41. The number of hydrogen-bond acceptors (Lipinski definition) is 3. The van der Waals surface area contributed by atoms with Crippen LogP contribution < -0.4 is 5.32 Å². The first-order valence-electron chi connectivity index (χ1n) is 9.94. The highest BCUT2D eigenvalue weighted by Gasteiger charge is 2.24. The van der Waals surface area contributed by atoms with Crippen LogP contribution in [-0.2, 0) is 19.5 Å². The van der Waals surface area contributed by atoms with E-state index in [0.29, 0.717) is 12.1 Å². The third kappa shape index (κ3) is 3.12. The van der Waals surface area contributed by atoms with Gasteiger partial charge in [-0.15, -0.1) is 0 Å². The molecule has 0 radical (unpaired) electrons. The minimum atomic E-state index is 0.0688. The molecule has 144 valence electrons. The number of nitrogens with zero attached hydrogens (tertiary/aromatic N) is 1. The monoisotopic (exact) mass is 382 g/mol.